The minimum absolute atomic E-state index is 0.178. The molecule has 1 rings (SSSR count). The first-order valence-electron chi connectivity index (χ1n) is 6.46. The van der Waals surface area contributed by atoms with Gasteiger partial charge in [0.15, 0.2) is 0 Å². The van der Waals surface area contributed by atoms with Gasteiger partial charge in [-0.25, -0.2) is 0 Å². The molecular formula is C15H24N2O. The smallest absolute Gasteiger partial charge is 0.228 e. The van der Waals surface area contributed by atoms with Gasteiger partial charge in [0.2, 0.25) is 5.91 Å². The summed E-state index contributed by atoms with van der Waals surface area (Å²) in [6, 6.07) is 8.03. The minimum atomic E-state index is -0.340. The molecule has 0 heterocycles. The average molecular weight is 248 g/mol. The molecule has 0 spiro atoms. The lowest BCUT2D eigenvalue weighted by molar-refractivity contribution is -0.139. The summed E-state index contributed by atoms with van der Waals surface area (Å²) in [5, 5.41) is 0. The van der Waals surface area contributed by atoms with Gasteiger partial charge < -0.3 is 10.6 Å². The van der Waals surface area contributed by atoms with Crippen LogP contribution in [0.5, 0.6) is 0 Å². The number of carbonyl (C=O) groups excluding carboxylic acids is 1. The molecule has 1 aromatic carbocycles. The van der Waals surface area contributed by atoms with Gasteiger partial charge in [0, 0.05) is 25.0 Å². The predicted octanol–water partition coefficient (Wildman–Crippen LogP) is 2.54. The second-order valence-corrected chi connectivity index (χ2v) is 5.54. The quantitative estimate of drug-likeness (QED) is 0.890. The lowest BCUT2D eigenvalue weighted by Gasteiger charge is -2.29. The van der Waals surface area contributed by atoms with E-state index in [4.69, 9.17) is 5.73 Å². The van der Waals surface area contributed by atoms with Gasteiger partial charge >= 0.3 is 0 Å². The molecule has 0 aliphatic carbocycles. The van der Waals surface area contributed by atoms with Crippen LogP contribution in [0, 0.1) is 5.41 Å². The highest BCUT2D eigenvalue weighted by Crippen LogP contribution is 2.20. The highest BCUT2D eigenvalue weighted by molar-refractivity contribution is 5.81. The second-order valence-electron chi connectivity index (χ2n) is 5.54. The Morgan fingerprint density at radius 2 is 1.78 bits per heavy atom. The third kappa shape index (κ3) is 3.57. The van der Waals surface area contributed by atoms with E-state index in [1.54, 1.807) is 0 Å². The molecule has 1 amide bonds. The van der Waals surface area contributed by atoms with Crippen LogP contribution in [-0.4, -0.2) is 17.4 Å². The van der Waals surface area contributed by atoms with Crippen molar-refractivity contribution in [3.63, 3.8) is 0 Å². The first-order valence-corrected chi connectivity index (χ1v) is 6.46. The molecule has 3 nitrogen and oxygen atoms in total. The van der Waals surface area contributed by atoms with Crippen LogP contribution < -0.4 is 5.73 Å². The summed E-state index contributed by atoms with van der Waals surface area (Å²) in [4.78, 5) is 14.2. The SMILES string of the molecule is CCN(Cc1ccccc1CN)C(=O)C(C)(C)C. The fraction of sp³-hybridized carbons (Fsp3) is 0.533. The molecule has 0 aliphatic rings. The van der Waals surface area contributed by atoms with Crippen LogP contribution in [0.3, 0.4) is 0 Å². The van der Waals surface area contributed by atoms with Crippen molar-refractivity contribution in [2.24, 2.45) is 11.1 Å². The van der Waals surface area contributed by atoms with Crippen LogP contribution in [0.1, 0.15) is 38.8 Å². The van der Waals surface area contributed by atoms with Crippen LogP contribution in [0.2, 0.25) is 0 Å². The number of amides is 1. The minimum Gasteiger partial charge on any atom is -0.338 e. The highest BCUT2D eigenvalue weighted by atomic mass is 16.2. The lowest BCUT2D eigenvalue weighted by Crippen LogP contribution is -2.39. The Labute approximate surface area is 110 Å². The maximum Gasteiger partial charge on any atom is 0.228 e. The van der Waals surface area contributed by atoms with E-state index in [0.717, 1.165) is 17.7 Å². The van der Waals surface area contributed by atoms with E-state index < -0.39 is 0 Å². The standard InChI is InChI=1S/C15H24N2O/c1-5-17(14(18)15(2,3)4)11-13-9-7-6-8-12(13)10-16/h6-9H,5,10-11,16H2,1-4H3. The zero-order valence-electron chi connectivity index (χ0n) is 11.9. The first kappa shape index (κ1) is 14.7. The summed E-state index contributed by atoms with van der Waals surface area (Å²) < 4.78 is 0. The van der Waals surface area contributed by atoms with Gasteiger partial charge in [0.25, 0.3) is 0 Å². The molecule has 18 heavy (non-hydrogen) atoms. The van der Waals surface area contributed by atoms with Crippen molar-refractivity contribution >= 4 is 5.91 Å². The summed E-state index contributed by atoms with van der Waals surface area (Å²) >= 11 is 0. The number of hydrogen-bond donors (Lipinski definition) is 1. The fourth-order valence-corrected chi connectivity index (χ4v) is 1.92. The summed E-state index contributed by atoms with van der Waals surface area (Å²) in [5.74, 6) is 0.178. The number of rotatable bonds is 4. The molecule has 0 bridgehead atoms. The predicted molar refractivity (Wildman–Crippen MR) is 74.9 cm³/mol. The summed E-state index contributed by atoms with van der Waals surface area (Å²) in [6.45, 7) is 9.73. The van der Waals surface area contributed by atoms with Crippen molar-refractivity contribution in [2.75, 3.05) is 6.54 Å². The highest BCUT2D eigenvalue weighted by Gasteiger charge is 2.26. The maximum absolute atomic E-state index is 12.3. The van der Waals surface area contributed by atoms with Gasteiger partial charge in [-0.05, 0) is 18.1 Å². The Balaban J connectivity index is 2.90. The number of carbonyl (C=O) groups is 1. The Bertz CT molecular complexity index is 407. The molecule has 0 fully saturated rings. The van der Waals surface area contributed by atoms with Crippen LogP contribution in [0.4, 0.5) is 0 Å². The Kier molecular flexibility index (Phi) is 4.91. The van der Waals surface area contributed by atoms with Crippen molar-refractivity contribution in [1.82, 2.24) is 4.90 Å². The van der Waals surface area contributed by atoms with E-state index in [1.807, 2.05) is 56.9 Å². The molecule has 3 heteroatoms. The normalized spacial score (nSPS) is 11.4. The number of nitrogens with two attached hydrogens (primary N) is 1. The molecular weight excluding hydrogens is 224 g/mol. The van der Waals surface area contributed by atoms with Crippen LogP contribution in [0.25, 0.3) is 0 Å². The first-order chi connectivity index (χ1) is 8.40. The Morgan fingerprint density at radius 3 is 2.22 bits per heavy atom. The lowest BCUT2D eigenvalue weighted by atomic mass is 9.94. The molecule has 0 aliphatic heterocycles. The van der Waals surface area contributed by atoms with E-state index in [0.29, 0.717) is 13.1 Å². The van der Waals surface area contributed by atoms with Gasteiger partial charge in [-0.2, -0.15) is 0 Å². The molecule has 0 atom stereocenters. The largest absolute Gasteiger partial charge is 0.338 e. The fourth-order valence-electron chi connectivity index (χ4n) is 1.92. The van der Waals surface area contributed by atoms with Gasteiger partial charge in [-0.3, -0.25) is 4.79 Å². The third-order valence-electron chi connectivity index (χ3n) is 3.01. The van der Waals surface area contributed by atoms with E-state index in [9.17, 15) is 4.79 Å². The molecule has 2 N–H and O–H groups in total. The van der Waals surface area contributed by atoms with Crippen LogP contribution in [-0.2, 0) is 17.9 Å². The maximum atomic E-state index is 12.3. The van der Waals surface area contributed by atoms with E-state index in [1.165, 1.54) is 0 Å². The van der Waals surface area contributed by atoms with Crippen LogP contribution in [0.15, 0.2) is 24.3 Å². The summed E-state index contributed by atoms with van der Waals surface area (Å²) in [6.07, 6.45) is 0. The zero-order chi connectivity index (χ0) is 13.8. The monoisotopic (exact) mass is 248 g/mol. The van der Waals surface area contributed by atoms with Crippen molar-refractivity contribution in [2.45, 2.75) is 40.8 Å². The Hall–Kier alpha value is -1.35. The third-order valence-corrected chi connectivity index (χ3v) is 3.01. The van der Waals surface area contributed by atoms with Gasteiger partial charge in [-0.1, -0.05) is 45.0 Å². The molecule has 100 valence electrons. The van der Waals surface area contributed by atoms with Gasteiger partial charge in [0.1, 0.15) is 0 Å². The van der Waals surface area contributed by atoms with Gasteiger partial charge in [-0.15, -0.1) is 0 Å². The van der Waals surface area contributed by atoms with E-state index >= 15 is 0 Å². The van der Waals surface area contributed by atoms with Crippen molar-refractivity contribution in [3.8, 4) is 0 Å². The van der Waals surface area contributed by atoms with Crippen molar-refractivity contribution < 1.29 is 4.79 Å². The Morgan fingerprint density at radius 1 is 1.22 bits per heavy atom. The average Bonchev–Trinajstić information content (AvgIpc) is 2.34. The second kappa shape index (κ2) is 6.01. The van der Waals surface area contributed by atoms with E-state index in [-0.39, 0.29) is 11.3 Å². The molecule has 0 saturated carbocycles. The zero-order valence-corrected chi connectivity index (χ0v) is 11.9. The van der Waals surface area contributed by atoms with Crippen LogP contribution >= 0.6 is 0 Å². The molecule has 0 radical (unpaired) electrons. The number of nitrogens with zero attached hydrogens (tertiary/aromatic N) is 1. The number of benzene rings is 1. The van der Waals surface area contributed by atoms with Gasteiger partial charge in [0.05, 0.1) is 0 Å². The van der Waals surface area contributed by atoms with E-state index in [2.05, 4.69) is 0 Å². The molecule has 1 aromatic rings. The topological polar surface area (TPSA) is 46.3 Å². The molecule has 0 aromatic heterocycles. The molecule has 0 unspecified atom stereocenters. The van der Waals surface area contributed by atoms with Crippen molar-refractivity contribution in [1.29, 1.82) is 0 Å². The summed E-state index contributed by atoms with van der Waals surface area (Å²) in [5.41, 5.74) is 7.63. The summed E-state index contributed by atoms with van der Waals surface area (Å²) in [7, 11) is 0. The van der Waals surface area contributed by atoms with Crippen molar-refractivity contribution in [3.05, 3.63) is 35.4 Å². The molecule has 0 saturated heterocycles. The number of hydrogen-bond acceptors (Lipinski definition) is 2.